The molecule has 0 fully saturated rings. The summed E-state index contributed by atoms with van der Waals surface area (Å²) in [4.78, 5) is 4.82. The quantitative estimate of drug-likeness (QED) is 0.593. The zero-order valence-corrected chi connectivity index (χ0v) is 11.7. The van der Waals surface area contributed by atoms with Crippen LogP contribution in [0.15, 0.2) is 48.5 Å². The second-order valence-electron chi connectivity index (χ2n) is 4.74. The minimum absolute atomic E-state index is 0.799. The Hall–Kier alpha value is -1.86. The lowest BCUT2D eigenvalue weighted by atomic mass is 10.0. The molecule has 0 radical (unpaired) electrons. The predicted octanol–water partition coefficient (Wildman–Crippen LogP) is 5.17. The second kappa shape index (κ2) is 4.67. The summed E-state index contributed by atoms with van der Waals surface area (Å²) in [5.74, 6) is 0. The number of aromatic nitrogens is 1. The Morgan fingerprint density at radius 2 is 1.63 bits per heavy atom. The molecule has 0 N–H and O–H groups in total. The fourth-order valence-corrected chi connectivity index (χ4v) is 2.61. The number of fused-ring (bicyclic) bond motifs is 1. The summed E-state index contributed by atoms with van der Waals surface area (Å²) < 4.78 is 0. The molecule has 1 aromatic heterocycles. The van der Waals surface area contributed by atoms with Crippen molar-refractivity contribution < 1.29 is 0 Å². The van der Waals surface area contributed by atoms with Gasteiger partial charge in [-0.2, -0.15) is 0 Å². The molecule has 0 bridgehead atoms. The molecule has 19 heavy (non-hydrogen) atoms. The molecule has 0 unspecified atom stereocenters. The van der Waals surface area contributed by atoms with Crippen LogP contribution in [0, 0.1) is 13.8 Å². The topological polar surface area (TPSA) is 12.9 Å². The number of rotatable bonds is 1. The number of aryl methyl sites for hydroxylation is 1. The van der Waals surface area contributed by atoms with Crippen LogP contribution in [-0.2, 0) is 0 Å². The highest BCUT2D eigenvalue weighted by Crippen LogP contribution is 2.33. The largest absolute Gasteiger partial charge is 0.247 e. The van der Waals surface area contributed by atoms with Crippen molar-refractivity contribution in [2.45, 2.75) is 13.8 Å². The lowest BCUT2D eigenvalue weighted by molar-refractivity contribution is 1.31. The van der Waals surface area contributed by atoms with Gasteiger partial charge in [0.05, 0.1) is 16.2 Å². The standard InChI is InChI=1S/C17H14ClN/c1-11-7-6-10-14-15(18)12(2)17(19-16(11)14)13-8-4-3-5-9-13/h3-10H,1-2H3. The molecule has 1 heterocycles. The first-order valence-corrected chi connectivity index (χ1v) is 6.67. The Morgan fingerprint density at radius 1 is 0.895 bits per heavy atom. The van der Waals surface area contributed by atoms with Crippen molar-refractivity contribution in [3.8, 4) is 11.3 Å². The van der Waals surface area contributed by atoms with Gasteiger partial charge in [0.25, 0.3) is 0 Å². The maximum atomic E-state index is 6.51. The highest BCUT2D eigenvalue weighted by Gasteiger charge is 2.12. The molecule has 94 valence electrons. The van der Waals surface area contributed by atoms with Crippen LogP contribution in [-0.4, -0.2) is 4.98 Å². The molecule has 1 nitrogen and oxygen atoms in total. The van der Waals surface area contributed by atoms with Gasteiger partial charge in [-0.1, -0.05) is 60.1 Å². The van der Waals surface area contributed by atoms with Crippen molar-refractivity contribution in [2.24, 2.45) is 0 Å². The lowest BCUT2D eigenvalue weighted by Crippen LogP contribution is -1.93. The Labute approximate surface area is 117 Å². The summed E-state index contributed by atoms with van der Waals surface area (Å²) >= 11 is 6.51. The number of hydrogen-bond donors (Lipinski definition) is 0. The first kappa shape index (κ1) is 12.2. The van der Waals surface area contributed by atoms with E-state index in [0.29, 0.717) is 0 Å². The first-order chi connectivity index (χ1) is 9.18. The van der Waals surface area contributed by atoms with Crippen molar-refractivity contribution in [1.82, 2.24) is 4.98 Å². The maximum Gasteiger partial charge on any atom is 0.0753 e. The summed E-state index contributed by atoms with van der Waals surface area (Å²) in [6, 6.07) is 16.3. The third-order valence-corrected chi connectivity index (χ3v) is 3.92. The number of halogens is 1. The molecule has 0 aliphatic rings. The van der Waals surface area contributed by atoms with Gasteiger partial charge in [-0.25, -0.2) is 4.98 Å². The van der Waals surface area contributed by atoms with Gasteiger partial charge in [0.15, 0.2) is 0 Å². The monoisotopic (exact) mass is 267 g/mol. The molecule has 0 aliphatic carbocycles. The van der Waals surface area contributed by atoms with Gasteiger partial charge in [0, 0.05) is 10.9 Å². The number of para-hydroxylation sites is 1. The van der Waals surface area contributed by atoms with E-state index in [1.54, 1.807) is 0 Å². The van der Waals surface area contributed by atoms with Crippen LogP contribution < -0.4 is 0 Å². The Morgan fingerprint density at radius 3 is 2.37 bits per heavy atom. The summed E-state index contributed by atoms with van der Waals surface area (Å²) in [5, 5.41) is 1.83. The fraction of sp³-hybridized carbons (Fsp3) is 0.118. The van der Waals surface area contributed by atoms with E-state index in [4.69, 9.17) is 16.6 Å². The minimum atomic E-state index is 0.799. The van der Waals surface area contributed by atoms with Crippen LogP contribution in [0.2, 0.25) is 5.02 Å². The van der Waals surface area contributed by atoms with E-state index in [9.17, 15) is 0 Å². The van der Waals surface area contributed by atoms with E-state index >= 15 is 0 Å². The molecule has 0 saturated carbocycles. The number of hydrogen-bond acceptors (Lipinski definition) is 1. The highest BCUT2D eigenvalue weighted by atomic mass is 35.5. The number of pyridine rings is 1. The van der Waals surface area contributed by atoms with E-state index in [2.05, 4.69) is 25.1 Å². The molecule has 3 aromatic rings. The van der Waals surface area contributed by atoms with Gasteiger partial charge in [-0.05, 0) is 25.0 Å². The van der Waals surface area contributed by atoms with Crippen molar-refractivity contribution in [1.29, 1.82) is 0 Å². The number of benzene rings is 2. The molecule has 2 aromatic carbocycles. The summed E-state index contributed by atoms with van der Waals surface area (Å²) in [5.41, 5.74) is 5.24. The van der Waals surface area contributed by atoms with Crippen LogP contribution in [0.3, 0.4) is 0 Å². The van der Waals surface area contributed by atoms with E-state index in [0.717, 1.165) is 38.3 Å². The minimum Gasteiger partial charge on any atom is -0.247 e. The fourth-order valence-electron chi connectivity index (χ4n) is 2.36. The van der Waals surface area contributed by atoms with Crippen LogP contribution in [0.4, 0.5) is 0 Å². The van der Waals surface area contributed by atoms with Gasteiger partial charge in [-0.3, -0.25) is 0 Å². The molecule has 0 atom stereocenters. The highest BCUT2D eigenvalue weighted by molar-refractivity contribution is 6.36. The normalized spacial score (nSPS) is 10.9. The van der Waals surface area contributed by atoms with Gasteiger partial charge in [-0.15, -0.1) is 0 Å². The third-order valence-electron chi connectivity index (χ3n) is 3.43. The summed E-state index contributed by atoms with van der Waals surface area (Å²) in [7, 11) is 0. The van der Waals surface area contributed by atoms with E-state index in [1.165, 1.54) is 0 Å². The smallest absolute Gasteiger partial charge is 0.0753 e. The summed E-state index contributed by atoms with van der Waals surface area (Å²) in [6.07, 6.45) is 0. The molecular formula is C17H14ClN. The zero-order valence-electron chi connectivity index (χ0n) is 10.9. The predicted molar refractivity (Wildman–Crippen MR) is 81.7 cm³/mol. The Balaban J connectivity index is 2.39. The lowest BCUT2D eigenvalue weighted by Gasteiger charge is -2.11. The Kier molecular flexibility index (Phi) is 3.00. The summed E-state index contributed by atoms with van der Waals surface area (Å²) in [6.45, 7) is 4.09. The Bertz CT molecular complexity index is 748. The van der Waals surface area contributed by atoms with E-state index < -0.39 is 0 Å². The van der Waals surface area contributed by atoms with Crippen molar-refractivity contribution in [3.05, 3.63) is 64.7 Å². The molecule has 0 spiro atoms. The number of nitrogens with zero attached hydrogens (tertiary/aromatic N) is 1. The second-order valence-corrected chi connectivity index (χ2v) is 5.11. The van der Waals surface area contributed by atoms with Crippen LogP contribution >= 0.6 is 11.6 Å². The molecule has 2 heteroatoms. The average Bonchev–Trinajstić information content (AvgIpc) is 2.44. The maximum absolute atomic E-state index is 6.51. The van der Waals surface area contributed by atoms with Crippen molar-refractivity contribution >= 4 is 22.5 Å². The first-order valence-electron chi connectivity index (χ1n) is 6.29. The molecular weight excluding hydrogens is 254 g/mol. The van der Waals surface area contributed by atoms with Gasteiger partial charge < -0.3 is 0 Å². The zero-order chi connectivity index (χ0) is 13.4. The van der Waals surface area contributed by atoms with Crippen LogP contribution in [0.25, 0.3) is 22.2 Å². The third kappa shape index (κ3) is 2.00. The van der Waals surface area contributed by atoms with E-state index in [1.807, 2.05) is 37.3 Å². The molecule has 0 saturated heterocycles. The SMILES string of the molecule is Cc1c(-c2ccccc2)nc2c(C)cccc2c1Cl. The van der Waals surface area contributed by atoms with E-state index in [-0.39, 0.29) is 0 Å². The molecule has 0 amide bonds. The van der Waals surface area contributed by atoms with Crippen LogP contribution in [0.1, 0.15) is 11.1 Å². The van der Waals surface area contributed by atoms with Crippen LogP contribution in [0.5, 0.6) is 0 Å². The van der Waals surface area contributed by atoms with Gasteiger partial charge >= 0.3 is 0 Å². The van der Waals surface area contributed by atoms with Gasteiger partial charge in [0.2, 0.25) is 0 Å². The molecule has 3 rings (SSSR count). The van der Waals surface area contributed by atoms with Crippen molar-refractivity contribution in [3.63, 3.8) is 0 Å². The van der Waals surface area contributed by atoms with Gasteiger partial charge in [0.1, 0.15) is 0 Å². The molecule has 0 aliphatic heterocycles. The van der Waals surface area contributed by atoms with Crippen molar-refractivity contribution in [2.75, 3.05) is 0 Å². The average molecular weight is 268 g/mol.